The zero-order chi connectivity index (χ0) is 35.4. The van der Waals surface area contributed by atoms with E-state index in [0.29, 0.717) is 0 Å². The number of pyridine rings is 2. The van der Waals surface area contributed by atoms with Crippen molar-refractivity contribution in [1.82, 2.24) is 9.97 Å². The zero-order valence-electron chi connectivity index (χ0n) is 24.8. The Morgan fingerprint density at radius 2 is 1.04 bits per heavy atom. The van der Waals surface area contributed by atoms with Gasteiger partial charge in [0.1, 0.15) is 0 Å². The van der Waals surface area contributed by atoms with E-state index >= 15 is 0 Å². The Kier molecular flexibility index (Phi) is 8.49. The SMILES string of the molecule is C=C(C(N)=O)C1=c2c(Cl)cc(Cl)cc2=NC1(C(=O)OC(=O)C1(c2cccnc2)N=c2cc(Cl)cc(Cl)c2=C1C(=C)C(N)=O)c1cccnc1. The van der Waals surface area contributed by atoms with E-state index in [-0.39, 0.29) is 74.7 Å². The Morgan fingerprint density at radius 3 is 1.37 bits per heavy atom. The lowest BCUT2D eigenvalue weighted by Gasteiger charge is -2.31. The highest BCUT2D eigenvalue weighted by Crippen LogP contribution is 2.44. The number of rotatable bonds is 8. The van der Waals surface area contributed by atoms with Crippen molar-refractivity contribution in [3.05, 3.63) is 150 Å². The Hall–Kier alpha value is -5.20. The topological polar surface area (TPSA) is 180 Å². The van der Waals surface area contributed by atoms with Crippen LogP contribution in [0.5, 0.6) is 0 Å². The summed E-state index contributed by atoms with van der Waals surface area (Å²) in [5.74, 6) is -4.73. The van der Waals surface area contributed by atoms with Gasteiger partial charge in [-0.2, -0.15) is 0 Å². The molecule has 0 saturated heterocycles. The molecule has 0 bridgehead atoms. The third kappa shape index (κ3) is 5.22. The van der Waals surface area contributed by atoms with Crippen LogP contribution in [0.15, 0.2) is 108 Å². The van der Waals surface area contributed by atoms with Crippen molar-refractivity contribution in [2.45, 2.75) is 11.1 Å². The predicted octanol–water partition coefficient (Wildman–Crippen LogP) is 2.30. The van der Waals surface area contributed by atoms with Gasteiger partial charge in [0, 0.05) is 78.7 Å². The number of ether oxygens (including phenoxy) is 1. The van der Waals surface area contributed by atoms with Gasteiger partial charge in [0.25, 0.3) is 0 Å². The average Bonchev–Trinajstić information content (AvgIpc) is 3.60. The first-order chi connectivity index (χ1) is 23.2. The van der Waals surface area contributed by atoms with Crippen LogP contribution >= 0.6 is 46.4 Å². The summed E-state index contributed by atoms with van der Waals surface area (Å²) < 4.78 is 5.76. The minimum atomic E-state index is -2.34. The second kappa shape index (κ2) is 12.4. The molecular formula is C34H20Cl4N6O5. The number of esters is 2. The van der Waals surface area contributed by atoms with E-state index in [1.165, 1.54) is 73.3 Å². The molecule has 0 spiro atoms. The van der Waals surface area contributed by atoms with Crippen LogP contribution in [-0.4, -0.2) is 33.7 Å². The number of hydrogen-bond acceptors (Lipinski definition) is 9. The van der Waals surface area contributed by atoms with Crippen LogP contribution in [0.4, 0.5) is 0 Å². The van der Waals surface area contributed by atoms with Crippen molar-refractivity contribution in [2.24, 2.45) is 21.5 Å². The fourth-order valence-electron chi connectivity index (χ4n) is 5.95. The number of primary amides is 2. The zero-order valence-corrected chi connectivity index (χ0v) is 27.9. The first-order valence-corrected chi connectivity index (χ1v) is 15.5. The van der Waals surface area contributed by atoms with E-state index in [4.69, 9.17) is 62.6 Å². The number of benzene rings is 2. The molecule has 0 radical (unpaired) electrons. The Balaban J connectivity index is 1.65. The van der Waals surface area contributed by atoms with Crippen LogP contribution in [0.2, 0.25) is 20.1 Å². The molecule has 15 heteroatoms. The second-order valence-corrected chi connectivity index (χ2v) is 12.5. The van der Waals surface area contributed by atoms with Crippen molar-refractivity contribution < 1.29 is 23.9 Å². The predicted molar refractivity (Wildman–Crippen MR) is 181 cm³/mol. The van der Waals surface area contributed by atoms with Crippen molar-refractivity contribution in [2.75, 3.05) is 0 Å². The molecule has 2 aliphatic rings. The average molecular weight is 734 g/mol. The Morgan fingerprint density at radius 1 is 0.653 bits per heavy atom. The number of hydrogen-bond donors (Lipinski definition) is 2. The van der Waals surface area contributed by atoms with Crippen LogP contribution < -0.4 is 32.6 Å². The lowest BCUT2D eigenvalue weighted by molar-refractivity contribution is -0.165. The minimum Gasteiger partial charge on any atom is -0.388 e. The van der Waals surface area contributed by atoms with Crippen LogP contribution in [0.1, 0.15) is 11.1 Å². The molecule has 49 heavy (non-hydrogen) atoms. The Bertz CT molecular complexity index is 2290. The molecular weight excluding hydrogens is 714 g/mol. The van der Waals surface area contributed by atoms with Gasteiger partial charge in [-0.1, -0.05) is 71.7 Å². The van der Waals surface area contributed by atoms with Gasteiger partial charge in [-0.25, -0.2) is 9.59 Å². The lowest BCUT2D eigenvalue weighted by Crippen LogP contribution is -2.45. The quantitative estimate of drug-likeness (QED) is 0.158. The van der Waals surface area contributed by atoms with Gasteiger partial charge >= 0.3 is 11.9 Å². The second-order valence-electron chi connectivity index (χ2n) is 10.8. The third-order valence-corrected chi connectivity index (χ3v) is 9.03. The molecule has 2 amide bonds. The molecule has 0 fully saturated rings. The number of carbonyl (C=O) groups excluding carboxylic acids is 4. The fraction of sp³-hybridized carbons (Fsp3) is 0.0588. The number of nitrogens with zero attached hydrogens (tertiary/aromatic N) is 4. The molecule has 2 aliphatic heterocycles. The summed E-state index contributed by atoms with van der Waals surface area (Å²) in [6, 6.07) is 11.5. The highest BCUT2D eigenvalue weighted by Gasteiger charge is 2.56. The van der Waals surface area contributed by atoms with Gasteiger partial charge in [0.15, 0.2) is 0 Å². The van der Waals surface area contributed by atoms with Gasteiger partial charge in [-0.05, 0) is 36.4 Å². The molecule has 0 aliphatic carbocycles. The largest absolute Gasteiger partial charge is 0.388 e. The highest BCUT2D eigenvalue weighted by molar-refractivity contribution is 6.36. The molecule has 2 unspecified atom stereocenters. The van der Waals surface area contributed by atoms with E-state index in [1.807, 2.05) is 0 Å². The van der Waals surface area contributed by atoms with E-state index in [0.717, 1.165) is 0 Å². The monoisotopic (exact) mass is 732 g/mol. The number of aromatic nitrogens is 2. The lowest BCUT2D eigenvalue weighted by atomic mass is 9.79. The summed E-state index contributed by atoms with van der Waals surface area (Å²) in [6.45, 7) is 7.64. The summed E-state index contributed by atoms with van der Waals surface area (Å²) in [5.41, 5.74) is 5.74. The first kappa shape index (κ1) is 33.7. The van der Waals surface area contributed by atoms with Gasteiger partial charge in [0.05, 0.1) is 20.8 Å². The van der Waals surface area contributed by atoms with Crippen LogP contribution in [0.25, 0.3) is 11.1 Å². The molecule has 4 heterocycles. The van der Waals surface area contributed by atoms with Gasteiger partial charge in [-0.15, -0.1) is 0 Å². The maximum Gasteiger partial charge on any atom is 0.351 e. The van der Waals surface area contributed by atoms with Crippen LogP contribution in [-0.2, 0) is 35.0 Å². The summed E-state index contributed by atoms with van der Waals surface area (Å²) in [7, 11) is 0. The molecule has 4 aromatic rings. The summed E-state index contributed by atoms with van der Waals surface area (Å²) >= 11 is 25.8. The van der Waals surface area contributed by atoms with E-state index in [1.54, 1.807) is 0 Å². The van der Waals surface area contributed by atoms with Crippen LogP contribution in [0.3, 0.4) is 0 Å². The van der Waals surface area contributed by atoms with Gasteiger partial charge < -0.3 is 16.2 Å². The van der Waals surface area contributed by atoms with Crippen molar-refractivity contribution in [1.29, 1.82) is 0 Å². The number of fused-ring (bicyclic) bond motifs is 2. The molecule has 11 nitrogen and oxygen atoms in total. The van der Waals surface area contributed by atoms with Crippen molar-refractivity contribution in [3.63, 3.8) is 0 Å². The molecule has 4 N–H and O–H groups in total. The maximum absolute atomic E-state index is 14.8. The molecule has 2 atom stereocenters. The van der Waals surface area contributed by atoms with Crippen molar-refractivity contribution >= 4 is 81.3 Å². The van der Waals surface area contributed by atoms with E-state index in [9.17, 15) is 19.2 Å². The number of carbonyl (C=O) groups is 4. The minimum absolute atomic E-state index is 0.00140. The summed E-state index contributed by atoms with van der Waals surface area (Å²) in [6.07, 6.45) is 5.43. The number of halogens is 4. The highest BCUT2D eigenvalue weighted by atomic mass is 35.5. The van der Waals surface area contributed by atoms with Crippen LogP contribution in [0, 0.1) is 0 Å². The maximum atomic E-state index is 14.8. The first-order valence-electron chi connectivity index (χ1n) is 14.0. The van der Waals surface area contributed by atoms with E-state index in [2.05, 4.69) is 33.1 Å². The standard InChI is InChI=1S/C34H20Cl4N6O5/c1-15(29(39)45)27-25-21(37)9-19(35)11-23(25)43-33(27,17-5-3-7-41-13-17)31(47)49-32(48)34(18-6-4-8-42-14-18)28(16(2)30(40)46)26-22(38)10-20(36)12-24(26)44-34/h3-14H,1-2H2,(H2,39,45)(H2,40,46). The molecule has 2 aromatic carbocycles. The number of amides is 2. The van der Waals surface area contributed by atoms with Gasteiger partial charge in [0.2, 0.25) is 22.9 Å². The smallest absolute Gasteiger partial charge is 0.351 e. The molecule has 244 valence electrons. The summed E-state index contributed by atoms with van der Waals surface area (Å²) in [5, 5.41) is 0.639. The Labute approximate surface area is 296 Å². The fourth-order valence-corrected chi connectivity index (χ4v) is 7.10. The van der Waals surface area contributed by atoms with Crippen molar-refractivity contribution in [3.8, 4) is 0 Å². The molecule has 0 saturated carbocycles. The molecule has 2 aromatic heterocycles. The van der Waals surface area contributed by atoms with Gasteiger partial charge in [-0.3, -0.25) is 29.5 Å². The number of nitrogens with two attached hydrogens (primary N) is 2. The molecule has 6 rings (SSSR count). The third-order valence-electron chi connectivity index (χ3n) is 8.00. The van der Waals surface area contributed by atoms with E-state index < -0.39 is 34.8 Å². The normalized spacial score (nSPS) is 18.9. The summed E-state index contributed by atoms with van der Waals surface area (Å²) in [4.78, 5) is 72.6.